The van der Waals surface area contributed by atoms with Crippen molar-refractivity contribution in [3.63, 3.8) is 0 Å². The summed E-state index contributed by atoms with van der Waals surface area (Å²) in [7, 11) is 4.68. The SMILES string of the molecule is COC(OC)(OC)c1cscc1C. The Hall–Kier alpha value is -0.420. The molecule has 3 nitrogen and oxygen atoms in total. The predicted octanol–water partition coefficient (Wildman–Crippen LogP) is 2.11. The van der Waals surface area contributed by atoms with Crippen molar-refractivity contribution in [3.05, 3.63) is 21.9 Å². The van der Waals surface area contributed by atoms with Crippen LogP contribution in [0.25, 0.3) is 0 Å². The Bertz CT molecular complexity index is 257. The summed E-state index contributed by atoms with van der Waals surface area (Å²) in [6, 6.07) is 0. The first kappa shape index (κ1) is 10.7. The maximum atomic E-state index is 5.22. The number of rotatable bonds is 4. The van der Waals surface area contributed by atoms with Gasteiger partial charge in [-0.15, -0.1) is 0 Å². The highest BCUT2D eigenvalue weighted by molar-refractivity contribution is 7.08. The zero-order valence-electron chi connectivity index (χ0n) is 8.29. The van der Waals surface area contributed by atoms with Crippen LogP contribution in [0.3, 0.4) is 0 Å². The highest BCUT2D eigenvalue weighted by atomic mass is 32.1. The van der Waals surface area contributed by atoms with Gasteiger partial charge in [-0.2, -0.15) is 11.3 Å². The minimum Gasteiger partial charge on any atom is -0.327 e. The van der Waals surface area contributed by atoms with Gasteiger partial charge in [0.2, 0.25) is 0 Å². The molecule has 74 valence electrons. The van der Waals surface area contributed by atoms with Gasteiger partial charge < -0.3 is 14.2 Å². The molecule has 0 saturated heterocycles. The maximum absolute atomic E-state index is 5.22. The van der Waals surface area contributed by atoms with E-state index in [0.717, 1.165) is 11.1 Å². The van der Waals surface area contributed by atoms with Gasteiger partial charge >= 0.3 is 5.97 Å². The summed E-state index contributed by atoms with van der Waals surface area (Å²) in [5, 5.41) is 3.99. The van der Waals surface area contributed by atoms with Gasteiger partial charge in [-0.25, -0.2) is 0 Å². The number of hydrogen-bond donors (Lipinski definition) is 0. The van der Waals surface area contributed by atoms with E-state index >= 15 is 0 Å². The Morgan fingerprint density at radius 2 is 1.62 bits per heavy atom. The van der Waals surface area contributed by atoms with E-state index in [2.05, 4.69) is 0 Å². The summed E-state index contributed by atoms with van der Waals surface area (Å²) in [6.45, 7) is 2.00. The summed E-state index contributed by atoms with van der Waals surface area (Å²) in [5.41, 5.74) is 2.03. The van der Waals surface area contributed by atoms with Crippen LogP contribution in [0, 0.1) is 6.92 Å². The summed E-state index contributed by atoms with van der Waals surface area (Å²) >= 11 is 1.60. The molecule has 1 aromatic rings. The Balaban J connectivity index is 3.07. The number of ether oxygens (including phenoxy) is 3. The third-order valence-electron chi connectivity index (χ3n) is 1.99. The Morgan fingerprint density at radius 3 is 1.92 bits per heavy atom. The summed E-state index contributed by atoms with van der Waals surface area (Å²) < 4.78 is 15.7. The lowest BCUT2D eigenvalue weighted by Crippen LogP contribution is -2.33. The molecule has 0 amide bonds. The number of thiophene rings is 1. The molecule has 0 bridgehead atoms. The molecule has 0 fully saturated rings. The summed E-state index contributed by atoms with van der Waals surface area (Å²) in [4.78, 5) is 0. The average Bonchev–Trinajstić information content (AvgIpc) is 2.57. The number of methoxy groups -OCH3 is 3. The van der Waals surface area contributed by atoms with Crippen LogP contribution in [0.5, 0.6) is 0 Å². The highest BCUT2D eigenvalue weighted by Crippen LogP contribution is 2.31. The molecule has 1 rings (SSSR count). The zero-order valence-corrected chi connectivity index (χ0v) is 9.10. The van der Waals surface area contributed by atoms with Gasteiger partial charge in [-0.3, -0.25) is 0 Å². The molecular weight excluding hydrogens is 188 g/mol. The van der Waals surface area contributed by atoms with Crippen LogP contribution in [-0.4, -0.2) is 21.3 Å². The van der Waals surface area contributed by atoms with Crippen molar-refractivity contribution in [2.24, 2.45) is 0 Å². The predicted molar refractivity (Wildman–Crippen MR) is 51.8 cm³/mol. The second kappa shape index (κ2) is 4.19. The molecule has 1 heterocycles. The Morgan fingerprint density at radius 1 is 1.08 bits per heavy atom. The molecule has 0 saturated carbocycles. The molecular formula is C9H14O3S. The number of aryl methyl sites for hydroxylation is 1. The van der Waals surface area contributed by atoms with E-state index in [1.54, 1.807) is 32.7 Å². The molecule has 0 aliphatic carbocycles. The van der Waals surface area contributed by atoms with Crippen molar-refractivity contribution in [1.82, 2.24) is 0 Å². The first-order valence-corrected chi connectivity index (χ1v) is 4.83. The van der Waals surface area contributed by atoms with Gasteiger partial charge in [-0.1, -0.05) is 0 Å². The van der Waals surface area contributed by atoms with E-state index in [1.807, 2.05) is 17.7 Å². The quantitative estimate of drug-likeness (QED) is 0.700. The average molecular weight is 202 g/mol. The second-order valence-electron chi connectivity index (χ2n) is 2.64. The van der Waals surface area contributed by atoms with E-state index in [4.69, 9.17) is 14.2 Å². The minimum atomic E-state index is -1.05. The maximum Gasteiger partial charge on any atom is 0.312 e. The molecule has 0 unspecified atom stereocenters. The molecule has 0 atom stereocenters. The molecule has 1 aromatic heterocycles. The molecule has 4 heteroatoms. The molecule has 0 spiro atoms. The fraction of sp³-hybridized carbons (Fsp3) is 0.556. The van der Waals surface area contributed by atoms with Crippen molar-refractivity contribution in [2.75, 3.05) is 21.3 Å². The standard InChI is InChI=1S/C9H14O3S/c1-7-5-13-6-8(7)9(10-2,11-3)12-4/h5-6H,1-4H3. The molecule has 0 aromatic carbocycles. The lowest BCUT2D eigenvalue weighted by molar-refractivity contribution is -0.364. The fourth-order valence-electron chi connectivity index (χ4n) is 1.25. The van der Waals surface area contributed by atoms with Gasteiger partial charge in [0.15, 0.2) is 0 Å². The van der Waals surface area contributed by atoms with Crippen molar-refractivity contribution < 1.29 is 14.2 Å². The van der Waals surface area contributed by atoms with E-state index in [1.165, 1.54) is 0 Å². The largest absolute Gasteiger partial charge is 0.327 e. The van der Waals surface area contributed by atoms with Crippen LogP contribution in [0.15, 0.2) is 10.8 Å². The first-order chi connectivity index (χ1) is 6.20. The van der Waals surface area contributed by atoms with E-state index in [-0.39, 0.29) is 0 Å². The minimum absolute atomic E-state index is 0.921. The third-order valence-corrected chi connectivity index (χ3v) is 2.85. The van der Waals surface area contributed by atoms with E-state index in [9.17, 15) is 0 Å². The third kappa shape index (κ3) is 1.76. The lowest BCUT2D eigenvalue weighted by atomic mass is 10.2. The van der Waals surface area contributed by atoms with E-state index in [0.29, 0.717) is 0 Å². The number of hydrogen-bond acceptors (Lipinski definition) is 4. The molecule has 0 N–H and O–H groups in total. The normalized spacial score (nSPS) is 12.0. The molecule has 0 aliphatic heterocycles. The van der Waals surface area contributed by atoms with Crippen molar-refractivity contribution in [2.45, 2.75) is 12.9 Å². The zero-order chi connectivity index (χ0) is 9.90. The van der Waals surface area contributed by atoms with Gasteiger partial charge in [0, 0.05) is 26.7 Å². The van der Waals surface area contributed by atoms with Crippen LogP contribution in [0.1, 0.15) is 11.1 Å². The van der Waals surface area contributed by atoms with Crippen molar-refractivity contribution in [1.29, 1.82) is 0 Å². The van der Waals surface area contributed by atoms with E-state index < -0.39 is 5.97 Å². The van der Waals surface area contributed by atoms with Crippen molar-refractivity contribution >= 4 is 11.3 Å². The smallest absolute Gasteiger partial charge is 0.312 e. The van der Waals surface area contributed by atoms with Crippen LogP contribution in [0.2, 0.25) is 0 Å². The Labute approximate surface area is 82.2 Å². The first-order valence-electron chi connectivity index (χ1n) is 3.89. The van der Waals surface area contributed by atoms with Gasteiger partial charge in [-0.05, 0) is 17.9 Å². The van der Waals surface area contributed by atoms with Crippen LogP contribution in [0.4, 0.5) is 0 Å². The van der Waals surface area contributed by atoms with Crippen LogP contribution < -0.4 is 0 Å². The van der Waals surface area contributed by atoms with Gasteiger partial charge in [0.05, 0.1) is 5.56 Å². The summed E-state index contributed by atoms with van der Waals surface area (Å²) in [6.07, 6.45) is 0. The molecule has 0 radical (unpaired) electrons. The lowest BCUT2D eigenvalue weighted by Gasteiger charge is -2.28. The topological polar surface area (TPSA) is 27.7 Å². The van der Waals surface area contributed by atoms with Crippen LogP contribution >= 0.6 is 11.3 Å². The van der Waals surface area contributed by atoms with Gasteiger partial charge in [0.1, 0.15) is 0 Å². The monoisotopic (exact) mass is 202 g/mol. The van der Waals surface area contributed by atoms with Crippen molar-refractivity contribution in [3.8, 4) is 0 Å². The molecule has 13 heavy (non-hydrogen) atoms. The van der Waals surface area contributed by atoms with Gasteiger partial charge in [0.25, 0.3) is 0 Å². The summed E-state index contributed by atoms with van der Waals surface area (Å²) in [5.74, 6) is -1.05. The highest BCUT2D eigenvalue weighted by Gasteiger charge is 2.34. The second-order valence-corrected chi connectivity index (χ2v) is 3.38. The molecule has 0 aliphatic rings. The van der Waals surface area contributed by atoms with Crippen LogP contribution in [-0.2, 0) is 20.2 Å². The Kier molecular flexibility index (Phi) is 3.44. The fourth-order valence-corrected chi connectivity index (χ4v) is 2.12.